The first-order chi connectivity index (χ1) is 14.5. The lowest BCUT2D eigenvalue weighted by Crippen LogP contribution is -2.45. The first-order valence-electron chi connectivity index (χ1n) is 10.5. The molecule has 0 aromatic carbocycles. The molecule has 0 bridgehead atoms. The summed E-state index contributed by atoms with van der Waals surface area (Å²) in [6, 6.07) is 0. The predicted molar refractivity (Wildman–Crippen MR) is 116 cm³/mol. The highest BCUT2D eigenvalue weighted by atomic mass is 35.5. The standard InChI is InChI=1S/C12H21NO3.C8H14O.2CO2.ClH/c1-5-9-8-13(7-6-10(9)14)11(15)16-12(2,3)4;1-2-7-5-3-4-6-8(7)9;2*2-1-3;/h9H,5-8H2,1-4H3;7H,2-6H2,1H3;;;1H. The third-order valence-electron chi connectivity index (χ3n) is 4.84. The SMILES string of the molecule is CCC1CCCCC1=O.CCC1CN(C(=O)OC(C)(C)C)CCC1=O.Cl.O=C=O.O=C=O. The van der Waals surface area contributed by atoms with Crippen LogP contribution in [0.25, 0.3) is 0 Å². The van der Waals surface area contributed by atoms with Gasteiger partial charge in [0, 0.05) is 37.8 Å². The molecular weight excluding hydrogens is 442 g/mol. The largest absolute Gasteiger partial charge is 0.444 e. The molecule has 1 amide bonds. The summed E-state index contributed by atoms with van der Waals surface area (Å²) in [4.78, 5) is 68.4. The molecule has 1 aliphatic carbocycles. The van der Waals surface area contributed by atoms with Crippen LogP contribution in [0.1, 0.15) is 79.6 Å². The maximum atomic E-state index is 11.8. The molecule has 1 heterocycles. The van der Waals surface area contributed by atoms with Crippen molar-refractivity contribution in [1.29, 1.82) is 0 Å². The minimum Gasteiger partial charge on any atom is -0.444 e. The Morgan fingerprint density at radius 2 is 1.41 bits per heavy atom. The Labute approximate surface area is 196 Å². The van der Waals surface area contributed by atoms with Gasteiger partial charge in [0.25, 0.3) is 0 Å². The second kappa shape index (κ2) is 19.4. The smallest absolute Gasteiger partial charge is 0.410 e. The van der Waals surface area contributed by atoms with E-state index in [0.717, 1.165) is 32.1 Å². The van der Waals surface area contributed by atoms with Gasteiger partial charge in [-0.1, -0.05) is 20.3 Å². The van der Waals surface area contributed by atoms with Crippen molar-refractivity contribution in [2.75, 3.05) is 13.1 Å². The fourth-order valence-electron chi connectivity index (χ4n) is 3.24. The van der Waals surface area contributed by atoms with Crippen LogP contribution in [-0.2, 0) is 33.5 Å². The number of ether oxygens (including phenoxy) is 1. The number of carbonyl (C=O) groups is 3. The zero-order valence-corrected chi connectivity index (χ0v) is 20.5. The second-order valence-corrected chi connectivity index (χ2v) is 8.23. The Hall–Kier alpha value is -2.34. The van der Waals surface area contributed by atoms with Crippen LogP contribution >= 0.6 is 12.4 Å². The van der Waals surface area contributed by atoms with E-state index in [0.29, 0.717) is 31.2 Å². The van der Waals surface area contributed by atoms with Crippen molar-refractivity contribution in [3.05, 3.63) is 0 Å². The Morgan fingerprint density at radius 1 is 0.938 bits per heavy atom. The second-order valence-electron chi connectivity index (χ2n) is 8.23. The van der Waals surface area contributed by atoms with Crippen LogP contribution < -0.4 is 0 Å². The van der Waals surface area contributed by atoms with Gasteiger partial charge in [-0.3, -0.25) is 9.59 Å². The van der Waals surface area contributed by atoms with Crippen LogP contribution in [0.5, 0.6) is 0 Å². The van der Waals surface area contributed by atoms with Crippen LogP contribution in [0, 0.1) is 11.8 Å². The van der Waals surface area contributed by atoms with Crippen LogP contribution in [0.2, 0.25) is 0 Å². The van der Waals surface area contributed by atoms with E-state index in [1.54, 1.807) is 4.90 Å². The molecule has 0 spiro atoms. The highest BCUT2D eigenvalue weighted by Crippen LogP contribution is 2.22. The number of ketones is 2. The molecule has 9 nitrogen and oxygen atoms in total. The van der Waals surface area contributed by atoms with Gasteiger partial charge in [-0.05, 0) is 46.5 Å². The molecule has 0 N–H and O–H groups in total. The molecule has 2 rings (SSSR count). The topological polar surface area (TPSA) is 132 Å². The Kier molecular flexibility index (Phi) is 20.7. The summed E-state index contributed by atoms with van der Waals surface area (Å²) in [6.45, 7) is 10.6. The maximum absolute atomic E-state index is 11.8. The molecule has 2 aliphatic rings. The van der Waals surface area contributed by atoms with Crippen molar-refractivity contribution in [3.63, 3.8) is 0 Å². The first kappa shape index (κ1) is 34.3. The van der Waals surface area contributed by atoms with Gasteiger partial charge in [-0.2, -0.15) is 19.2 Å². The van der Waals surface area contributed by atoms with Crippen molar-refractivity contribution < 1.29 is 38.3 Å². The van der Waals surface area contributed by atoms with E-state index in [-0.39, 0.29) is 42.5 Å². The molecular formula is C22H36ClNO8. The Balaban J connectivity index is -0.000000443. The number of halogens is 1. The van der Waals surface area contributed by atoms with E-state index < -0.39 is 5.60 Å². The van der Waals surface area contributed by atoms with Crippen molar-refractivity contribution in [3.8, 4) is 0 Å². The zero-order valence-electron chi connectivity index (χ0n) is 19.6. The zero-order chi connectivity index (χ0) is 24.4. The van der Waals surface area contributed by atoms with Crippen LogP contribution in [0.15, 0.2) is 0 Å². The normalized spacial score (nSPS) is 19.6. The van der Waals surface area contributed by atoms with E-state index in [9.17, 15) is 14.4 Å². The number of likely N-dealkylation sites (tertiary alicyclic amines) is 1. The van der Waals surface area contributed by atoms with Crippen LogP contribution in [0.3, 0.4) is 0 Å². The highest BCUT2D eigenvalue weighted by Gasteiger charge is 2.31. The van der Waals surface area contributed by atoms with Gasteiger partial charge in [-0.25, -0.2) is 4.79 Å². The van der Waals surface area contributed by atoms with Crippen molar-refractivity contribution >= 4 is 42.4 Å². The number of nitrogens with zero attached hydrogens (tertiary/aromatic N) is 1. The molecule has 32 heavy (non-hydrogen) atoms. The summed E-state index contributed by atoms with van der Waals surface area (Å²) in [6.07, 6.45) is 6.89. The third kappa shape index (κ3) is 16.4. The molecule has 1 aliphatic heterocycles. The first-order valence-corrected chi connectivity index (χ1v) is 10.5. The quantitative estimate of drug-likeness (QED) is 0.588. The van der Waals surface area contributed by atoms with E-state index in [4.69, 9.17) is 23.9 Å². The van der Waals surface area contributed by atoms with Crippen molar-refractivity contribution in [2.45, 2.75) is 85.2 Å². The Morgan fingerprint density at radius 3 is 1.78 bits per heavy atom. The van der Waals surface area contributed by atoms with Gasteiger partial charge in [0.1, 0.15) is 17.2 Å². The molecule has 0 aromatic rings. The molecule has 1 saturated carbocycles. The number of amides is 1. The average Bonchev–Trinajstić information content (AvgIpc) is 2.69. The molecule has 184 valence electrons. The van der Waals surface area contributed by atoms with E-state index in [1.165, 1.54) is 6.42 Å². The van der Waals surface area contributed by atoms with Gasteiger partial charge >= 0.3 is 18.4 Å². The van der Waals surface area contributed by atoms with Gasteiger partial charge in [-0.15, -0.1) is 12.4 Å². The summed E-state index contributed by atoms with van der Waals surface area (Å²) in [7, 11) is 0. The number of hydrogen-bond acceptors (Lipinski definition) is 8. The summed E-state index contributed by atoms with van der Waals surface area (Å²) in [5.74, 6) is 1.17. The average molecular weight is 478 g/mol. The minimum atomic E-state index is -0.472. The van der Waals surface area contributed by atoms with Gasteiger partial charge < -0.3 is 9.64 Å². The fraction of sp³-hybridized carbons (Fsp3) is 0.773. The lowest BCUT2D eigenvalue weighted by atomic mass is 9.86. The number of carbonyl (C=O) groups excluding carboxylic acids is 7. The molecule has 2 atom stereocenters. The Bertz CT molecular complexity index is 620. The third-order valence-corrected chi connectivity index (χ3v) is 4.84. The summed E-state index contributed by atoms with van der Waals surface area (Å²) in [5.41, 5.74) is -0.472. The highest BCUT2D eigenvalue weighted by molar-refractivity contribution is 5.85. The summed E-state index contributed by atoms with van der Waals surface area (Å²) >= 11 is 0. The molecule has 1 saturated heterocycles. The van der Waals surface area contributed by atoms with Gasteiger partial charge in [0.2, 0.25) is 0 Å². The molecule has 2 fully saturated rings. The molecule has 2 unspecified atom stereocenters. The van der Waals surface area contributed by atoms with Crippen molar-refractivity contribution in [2.24, 2.45) is 11.8 Å². The van der Waals surface area contributed by atoms with Crippen LogP contribution in [-0.4, -0.2) is 53.6 Å². The van der Waals surface area contributed by atoms with Crippen molar-refractivity contribution in [1.82, 2.24) is 4.90 Å². The molecule has 0 aromatic heterocycles. The summed E-state index contributed by atoms with van der Waals surface area (Å²) in [5, 5.41) is 0. The minimum absolute atomic E-state index is 0. The number of hydrogen-bond donors (Lipinski definition) is 0. The maximum Gasteiger partial charge on any atom is 0.410 e. The number of Topliss-reactive ketones (excluding diaryl/α,β-unsaturated/α-hetero) is 2. The van der Waals surface area contributed by atoms with Crippen LogP contribution in [0.4, 0.5) is 4.79 Å². The fourth-order valence-corrected chi connectivity index (χ4v) is 3.24. The predicted octanol–water partition coefficient (Wildman–Crippen LogP) is 3.63. The lowest BCUT2D eigenvalue weighted by molar-refractivity contribution is -0.193. The summed E-state index contributed by atoms with van der Waals surface area (Å²) < 4.78 is 5.28. The van der Waals surface area contributed by atoms with E-state index in [1.807, 2.05) is 27.7 Å². The van der Waals surface area contributed by atoms with Gasteiger partial charge in [0.05, 0.1) is 0 Å². The number of piperidine rings is 1. The monoisotopic (exact) mass is 477 g/mol. The van der Waals surface area contributed by atoms with Gasteiger partial charge in [0.15, 0.2) is 0 Å². The van der Waals surface area contributed by atoms with E-state index >= 15 is 0 Å². The van der Waals surface area contributed by atoms with E-state index in [2.05, 4.69) is 6.92 Å². The molecule has 10 heteroatoms. The lowest BCUT2D eigenvalue weighted by Gasteiger charge is -2.32. The number of rotatable bonds is 2. The molecule has 0 radical (unpaired) electrons.